The van der Waals surface area contributed by atoms with Crippen LogP contribution in [0.5, 0.6) is 0 Å². The van der Waals surface area contributed by atoms with Crippen molar-refractivity contribution in [2.75, 3.05) is 24.6 Å². The molecule has 3 aliphatic rings. The van der Waals surface area contributed by atoms with Crippen molar-refractivity contribution in [1.29, 1.82) is 0 Å². The number of cyclic esters (lactones) is 1. The second kappa shape index (κ2) is 7.99. The van der Waals surface area contributed by atoms with Gasteiger partial charge in [-0.25, -0.2) is 13.9 Å². The minimum atomic E-state index is -1.44. The molecule has 1 aromatic heterocycles. The largest absolute Gasteiger partial charge is 0.442 e. The number of rotatable bonds is 5. The minimum Gasteiger partial charge on any atom is -0.442 e. The summed E-state index contributed by atoms with van der Waals surface area (Å²) in [5, 5.41) is 26.2. The predicted octanol–water partition coefficient (Wildman–Crippen LogP) is 0.336. The number of carbonyl (C=O) groups excluding carboxylic acids is 2. The van der Waals surface area contributed by atoms with Crippen molar-refractivity contribution >= 4 is 23.3 Å². The van der Waals surface area contributed by atoms with Gasteiger partial charge in [0.05, 0.1) is 31.1 Å². The first-order valence-corrected chi connectivity index (χ1v) is 10.4. The molecule has 1 fully saturated rings. The van der Waals surface area contributed by atoms with Crippen LogP contribution in [0.4, 0.5) is 14.9 Å². The van der Waals surface area contributed by atoms with Gasteiger partial charge in [-0.15, -0.1) is 5.10 Å². The number of aromatic nitrogens is 3. The maximum atomic E-state index is 15.1. The summed E-state index contributed by atoms with van der Waals surface area (Å²) in [6.07, 6.45) is 3.59. The van der Waals surface area contributed by atoms with Crippen LogP contribution in [0.2, 0.25) is 0 Å². The van der Waals surface area contributed by atoms with E-state index in [9.17, 15) is 14.7 Å². The summed E-state index contributed by atoms with van der Waals surface area (Å²) in [7, 11) is 0. The van der Waals surface area contributed by atoms with Crippen LogP contribution in [0.25, 0.3) is 5.57 Å². The smallest absolute Gasteiger partial charge is 0.415 e. The number of nitrogens with zero attached hydrogens (tertiary/aromatic N) is 5. The van der Waals surface area contributed by atoms with Crippen molar-refractivity contribution in [3.8, 4) is 0 Å². The van der Waals surface area contributed by atoms with Crippen molar-refractivity contribution < 1.29 is 28.9 Å². The highest BCUT2D eigenvalue weighted by molar-refractivity contribution is 5.94. The number of hydrogen-bond donors (Lipinski definition) is 2. The number of fused-ring (bicyclic) bond motifs is 3. The summed E-state index contributed by atoms with van der Waals surface area (Å²) in [5.74, 6) is -0.992. The normalized spacial score (nSPS) is 23.0. The number of anilines is 1. The lowest BCUT2D eigenvalue weighted by atomic mass is 9.95. The van der Waals surface area contributed by atoms with Crippen molar-refractivity contribution in [1.82, 2.24) is 19.9 Å². The number of benzene rings is 1. The second-order valence-corrected chi connectivity index (χ2v) is 8.11. The topological polar surface area (TPSA) is 121 Å². The van der Waals surface area contributed by atoms with Crippen LogP contribution < -0.4 is 4.90 Å². The fourth-order valence-electron chi connectivity index (χ4n) is 4.61. The van der Waals surface area contributed by atoms with Crippen LogP contribution in [0.3, 0.4) is 0 Å². The van der Waals surface area contributed by atoms with E-state index in [-0.39, 0.29) is 12.6 Å². The van der Waals surface area contributed by atoms with Gasteiger partial charge in [-0.3, -0.25) is 9.69 Å². The molecule has 3 atom stereocenters. The van der Waals surface area contributed by atoms with Crippen molar-refractivity contribution in [3.63, 3.8) is 0 Å². The van der Waals surface area contributed by atoms with E-state index in [1.807, 2.05) is 0 Å². The molecular formula is C21H22FN5O5. The van der Waals surface area contributed by atoms with Crippen LogP contribution in [0.1, 0.15) is 17.5 Å². The summed E-state index contributed by atoms with van der Waals surface area (Å²) in [6, 6.07) is 2.90. The Bertz CT molecular complexity index is 1090. The third kappa shape index (κ3) is 3.43. The molecule has 168 valence electrons. The first kappa shape index (κ1) is 20.6. The zero-order chi connectivity index (χ0) is 22.4. The van der Waals surface area contributed by atoms with Gasteiger partial charge in [0, 0.05) is 24.8 Å². The summed E-state index contributed by atoms with van der Waals surface area (Å²) in [5.41, 5.74) is 2.59. The summed E-state index contributed by atoms with van der Waals surface area (Å²) in [6.45, 7) is 0.274. The van der Waals surface area contributed by atoms with Crippen molar-refractivity contribution in [3.05, 3.63) is 47.5 Å². The molecule has 0 radical (unpaired) electrons. The van der Waals surface area contributed by atoms with Crippen LogP contribution >= 0.6 is 0 Å². The highest BCUT2D eigenvalue weighted by Crippen LogP contribution is 2.41. The molecule has 2 amide bonds. The molecule has 1 aromatic carbocycles. The summed E-state index contributed by atoms with van der Waals surface area (Å²) >= 11 is 0. The Balaban J connectivity index is 1.36. The molecule has 2 aromatic rings. The second-order valence-electron chi connectivity index (χ2n) is 8.11. The van der Waals surface area contributed by atoms with Crippen LogP contribution in [-0.2, 0) is 22.5 Å². The van der Waals surface area contributed by atoms with E-state index in [0.29, 0.717) is 37.2 Å². The Hall–Kier alpha value is -3.31. The fourth-order valence-corrected chi connectivity index (χ4v) is 4.61. The number of halogens is 1. The van der Waals surface area contributed by atoms with Gasteiger partial charge < -0.3 is 19.8 Å². The van der Waals surface area contributed by atoms with E-state index >= 15 is 4.39 Å². The zero-order valence-electron chi connectivity index (χ0n) is 17.1. The molecule has 0 saturated carbocycles. The Morgan fingerprint density at radius 3 is 2.91 bits per heavy atom. The van der Waals surface area contributed by atoms with Gasteiger partial charge >= 0.3 is 6.09 Å². The van der Waals surface area contributed by atoms with Crippen molar-refractivity contribution in [2.24, 2.45) is 0 Å². The van der Waals surface area contributed by atoms with Gasteiger partial charge in [0.1, 0.15) is 11.9 Å². The highest BCUT2D eigenvalue weighted by atomic mass is 19.1. The minimum absolute atomic E-state index is 0.225. The average molecular weight is 443 g/mol. The molecular weight excluding hydrogens is 421 g/mol. The fraction of sp³-hybridized carbons (Fsp3) is 0.429. The van der Waals surface area contributed by atoms with E-state index < -0.39 is 36.6 Å². The Morgan fingerprint density at radius 2 is 2.22 bits per heavy atom. The molecule has 0 spiro atoms. The quantitative estimate of drug-likeness (QED) is 0.683. The van der Waals surface area contributed by atoms with E-state index in [1.165, 1.54) is 15.9 Å². The zero-order valence-corrected chi connectivity index (χ0v) is 17.1. The molecule has 5 rings (SSSR count). The van der Waals surface area contributed by atoms with Gasteiger partial charge in [0.2, 0.25) is 0 Å². The maximum absolute atomic E-state index is 15.1. The van der Waals surface area contributed by atoms with Crippen LogP contribution in [0, 0.1) is 5.82 Å². The van der Waals surface area contributed by atoms with E-state index in [4.69, 9.17) is 9.84 Å². The van der Waals surface area contributed by atoms with Gasteiger partial charge in [0.15, 0.2) is 6.10 Å². The molecule has 1 saturated heterocycles. The number of amides is 2. The molecule has 0 bridgehead atoms. The molecule has 0 aliphatic carbocycles. The molecule has 4 heterocycles. The van der Waals surface area contributed by atoms with Gasteiger partial charge in [-0.05, 0) is 36.1 Å². The highest BCUT2D eigenvalue weighted by Gasteiger charge is 2.48. The predicted molar refractivity (Wildman–Crippen MR) is 109 cm³/mol. The third-order valence-corrected chi connectivity index (χ3v) is 6.23. The van der Waals surface area contributed by atoms with Crippen molar-refractivity contribution in [2.45, 2.75) is 37.6 Å². The summed E-state index contributed by atoms with van der Waals surface area (Å²) < 4.78 is 22.2. The molecule has 10 nitrogen and oxygen atoms in total. The monoisotopic (exact) mass is 443 g/mol. The number of aliphatic hydroxyl groups is 2. The van der Waals surface area contributed by atoms with Gasteiger partial charge in [-0.1, -0.05) is 11.3 Å². The maximum Gasteiger partial charge on any atom is 0.415 e. The molecule has 3 aliphatic heterocycles. The van der Waals surface area contributed by atoms with E-state index in [0.717, 1.165) is 11.1 Å². The molecule has 2 unspecified atom stereocenters. The third-order valence-electron chi connectivity index (χ3n) is 6.23. The SMILES string of the molecule is O=C(C(O)CO)N1CC=C(c2cc3c(cc2F)N2C(=O)O[C@@H](Cn4ccnn4)C2C3)CC1. The van der Waals surface area contributed by atoms with Gasteiger partial charge in [-0.2, -0.15) is 0 Å². The lowest BCUT2D eigenvalue weighted by Crippen LogP contribution is -2.42. The number of hydrogen-bond acceptors (Lipinski definition) is 7. The number of carbonyl (C=O) groups is 2. The van der Waals surface area contributed by atoms with Crippen LogP contribution in [-0.4, -0.2) is 80.1 Å². The Kier molecular flexibility index (Phi) is 5.14. The Morgan fingerprint density at radius 1 is 1.38 bits per heavy atom. The number of ether oxygens (including phenoxy) is 1. The summed E-state index contributed by atoms with van der Waals surface area (Å²) in [4.78, 5) is 27.5. The van der Waals surface area contributed by atoms with Crippen LogP contribution in [0.15, 0.2) is 30.6 Å². The number of aliphatic hydroxyl groups excluding tert-OH is 2. The lowest BCUT2D eigenvalue weighted by molar-refractivity contribution is -0.141. The lowest BCUT2D eigenvalue weighted by Gasteiger charge is -2.28. The Labute approximate surface area is 182 Å². The average Bonchev–Trinajstić information content (AvgIpc) is 3.51. The molecule has 11 heteroatoms. The molecule has 2 N–H and O–H groups in total. The van der Waals surface area contributed by atoms with Gasteiger partial charge in [0.25, 0.3) is 5.91 Å². The standard InChI is InChI=1S/C21H22FN5O5/c22-15-9-16-13(7-14(15)12-1-4-25(5-2-12)20(30)18(29)11-28)8-17-19(32-21(31)27(16)17)10-26-6-3-23-24-26/h1,3,6-7,9,17-19,28-29H,2,4-5,8,10-11H2/t17?,18?,19-/m0/s1. The molecule has 32 heavy (non-hydrogen) atoms. The first-order chi connectivity index (χ1) is 15.5. The van der Waals surface area contributed by atoms with E-state index in [1.54, 1.807) is 29.2 Å². The first-order valence-electron chi connectivity index (χ1n) is 10.4. The van der Waals surface area contributed by atoms with E-state index in [2.05, 4.69) is 10.3 Å².